The number of carbonyl (C=O) groups is 2. The van der Waals surface area contributed by atoms with Crippen molar-refractivity contribution in [1.82, 2.24) is 4.90 Å². The number of likely N-dealkylation sites (N-methyl/N-ethyl adjacent to an activating group) is 1. The zero-order chi connectivity index (χ0) is 21.5. The Balaban J connectivity index is 0.000000447. The first-order chi connectivity index (χ1) is 13.9. The van der Waals surface area contributed by atoms with Crippen molar-refractivity contribution in [3.05, 3.63) is 77.9 Å². The van der Waals surface area contributed by atoms with Gasteiger partial charge in [-0.2, -0.15) is 0 Å². The second-order valence-electron chi connectivity index (χ2n) is 6.19. The molecule has 0 spiro atoms. The van der Waals surface area contributed by atoms with Gasteiger partial charge in [-0.05, 0) is 42.8 Å². The molecule has 0 atom stereocenters. The van der Waals surface area contributed by atoms with Gasteiger partial charge in [0.1, 0.15) is 12.4 Å². The summed E-state index contributed by atoms with van der Waals surface area (Å²) in [5, 5.41) is 15.6. The van der Waals surface area contributed by atoms with Gasteiger partial charge in [0, 0.05) is 18.7 Å². The Labute approximate surface area is 172 Å². The molecule has 156 valence electrons. The van der Waals surface area contributed by atoms with Crippen molar-refractivity contribution < 1.29 is 24.5 Å². The van der Waals surface area contributed by atoms with Crippen molar-refractivity contribution in [2.24, 2.45) is 0 Å². The highest BCUT2D eigenvalue weighted by atomic mass is 16.5. The largest absolute Gasteiger partial charge is 0.492 e. The second kappa shape index (κ2) is 14.0. The van der Waals surface area contributed by atoms with E-state index < -0.39 is 11.9 Å². The molecule has 0 heterocycles. The van der Waals surface area contributed by atoms with Crippen LogP contribution in [0.25, 0.3) is 0 Å². The minimum absolute atomic E-state index is 0.558. The summed E-state index contributed by atoms with van der Waals surface area (Å²) in [6, 6.07) is 19.0. The van der Waals surface area contributed by atoms with Crippen molar-refractivity contribution in [1.29, 1.82) is 0 Å². The molecule has 0 fully saturated rings. The summed E-state index contributed by atoms with van der Waals surface area (Å²) in [5.74, 6) is -1.56. The molecule has 0 saturated carbocycles. The van der Waals surface area contributed by atoms with E-state index in [4.69, 9.17) is 14.9 Å². The summed E-state index contributed by atoms with van der Waals surface area (Å²) in [6.45, 7) is 8.26. The van der Waals surface area contributed by atoms with E-state index in [2.05, 4.69) is 73.3 Å². The van der Waals surface area contributed by atoms with E-state index in [0.29, 0.717) is 12.2 Å². The van der Waals surface area contributed by atoms with E-state index in [9.17, 15) is 9.59 Å². The molecule has 0 aliphatic rings. The SMILES string of the molecule is CCN(CC)CCOc1ccc(Cc2ccccc2)cc1.O=C(O)/C=C/C(=O)O. The van der Waals surface area contributed by atoms with E-state index >= 15 is 0 Å². The lowest BCUT2D eigenvalue weighted by Crippen LogP contribution is -2.27. The van der Waals surface area contributed by atoms with Gasteiger partial charge < -0.3 is 19.8 Å². The molecular formula is C23H29NO5. The molecule has 29 heavy (non-hydrogen) atoms. The van der Waals surface area contributed by atoms with Crippen molar-refractivity contribution >= 4 is 11.9 Å². The quantitative estimate of drug-likeness (QED) is 0.592. The summed E-state index contributed by atoms with van der Waals surface area (Å²) in [4.78, 5) is 21.5. The van der Waals surface area contributed by atoms with E-state index in [1.54, 1.807) is 0 Å². The highest BCUT2D eigenvalue weighted by Gasteiger charge is 2.00. The number of benzene rings is 2. The lowest BCUT2D eigenvalue weighted by Gasteiger charge is -2.18. The summed E-state index contributed by atoms with van der Waals surface area (Å²) in [6.07, 6.45) is 2.09. The maximum Gasteiger partial charge on any atom is 0.328 e. The van der Waals surface area contributed by atoms with E-state index in [-0.39, 0.29) is 0 Å². The fourth-order valence-corrected chi connectivity index (χ4v) is 2.51. The lowest BCUT2D eigenvalue weighted by atomic mass is 10.1. The standard InChI is InChI=1S/C19H25NO.C4H4O4/c1-3-20(4-2)14-15-21-19-12-10-18(11-13-19)16-17-8-6-5-7-9-17;5-3(6)1-2-4(7)8/h5-13H,3-4,14-16H2,1-2H3;1-2H,(H,5,6)(H,7,8)/b;2-1+. The molecule has 6 nitrogen and oxygen atoms in total. The first-order valence-corrected chi connectivity index (χ1v) is 9.56. The summed E-state index contributed by atoms with van der Waals surface area (Å²) < 4.78 is 5.80. The van der Waals surface area contributed by atoms with Gasteiger partial charge in [-0.15, -0.1) is 0 Å². The Morgan fingerprint density at radius 3 is 1.86 bits per heavy atom. The Hall–Kier alpha value is -3.12. The zero-order valence-electron chi connectivity index (χ0n) is 17.0. The molecule has 0 amide bonds. The zero-order valence-corrected chi connectivity index (χ0v) is 17.0. The molecule has 2 aromatic rings. The Bertz CT molecular complexity index is 737. The van der Waals surface area contributed by atoms with Crippen LogP contribution in [0.2, 0.25) is 0 Å². The molecule has 0 aromatic heterocycles. The molecule has 0 aliphatic heterocycles. The van der Waals surface area contributed by atoms with Crippen LogP contribution in [0, 0.1) is 0 Å². The fraction of sp³-hybridized carbons (Fsp3) is 0.304. The van der Waals surface area contributed by atoms with E-state index in [0.717, 1.165) is 38.4 Å². The van der Waals surface area contributed by atoms with Crippen LogP contribution in [0.5, 0.6) is 5.75 Å². The topological polar surface area (TPSA) is 87.1 Å². The molecule has 2 N–H and O–H groups in total. The molecule has 0 radical (unpaired) electrons. The van der Waals surface area contributed by atoms with Crippen LogP contribution >= 0.6 is 0 Å². The fourth-order valence-electron chi connectivity index (χ4n) is 2.51. The Kier molecular flexibility index (Phi) is 11.5. The predicted molar refractivity (Wildman–Crippen MR) is 113 cm³/mol. The van der Waals surface area contributed by atoms with Gasteiger partial charge in [-0.25, -0.2) is 9.59 Å². The van der Waals surface area contributed by atoms with E-state index in [1.165, 1.54) is 11.1 Å². The first-order valence-electron chi connectivity index (χ1n) is 9.56. The van der Waals surface area contributed by atoms with Gasteiger partial charge >= 0.3 is 11.9 Å². The predicted octanol–water partition coefficient (Wildman–Crippen LogP) is 3.71. The summed E-state index contributed by atoms with van der Waals surface area (Å²) in [7, 11) is 0. The maximum atomic E-state index is 9.55. The Morgan fingerprint density at radius 1 is 0.862 bits per heavy atom. The van der Waals surface area contributed by atoms with Crippen molar-refractivity contribution in [3.8, 4) is 5.75 Å². The highest BCUT2D eigenvalue weighted by molar-refractivity contribution is 5.89. The van der Waals surface area contributed by atoms with Gasteiger partial charge in [0.05, 0.1) is 0 Å². The van der Waals surface area contributed by atoms with Gasteiger partial charge in [0.15, 0.2) is 0 Å². The third-order valence-corrected chi connectivity index (χ3v) is 4.11. The normalized spacial score (nSPS) is 10.4. The smallest absolute Gasteiger partial charge is 0.328 e. The molecule has 2 rings (SSSR count). The number of aliphatic carboxylic acids is 2. The minimum Gasteiger partial charge on any atom is -0.492 e. The third-order valence-electron chi connectivity index (χ3n) is 4.11. The van der Waals surface area contributed by atoms with Crippen LogP contribution in [0.4, 0.5) is 0 Å². The third kappa shape index (κ3) is 11.3. The summed E-state index contributed by atoms with van der Waals surface area (Å²) >= 11 is 0. The molecule has 2 aromatic carbocycles. The number of nitrogens with zero attached hydrogens (tertiary/aromatic N) is 1. The number of ether oxygens (including phenoxy) is 1. The number of hydrogen-bond acceptors (Lipinski definition) is 4. The van der Waals surface area contributed by atoms with Crippen LogP contribution in [0.15, 0.2) is 66.7 Å². The van der Waals surface area contributed by atoms with Crippen molar-refractivity contribution in [2.45, 2.75) is 20.3 Å². The number of hydrogen-bond donors (Lipinski definition) is 2. The number of carboxylic acid groups (broad SMARTS) is 2. The van der Waals surface area contributed by atoms with Crippen LogP contribution < -0.4 is 4.74 Å². The molecule has 6 heteroatoms. The second-order valence-corrected chi connectivity index (χ2v) is 6.19. The highest BCUT2D eigenvalue weighted by Crippen LogP contribution is 2.15. The molecular weight excluding hydrogens is 370 g/mol. The minimum atomic E-state index is -1.26. The maximum absolute atomic E-state index is 9.55. The monoisotopic (exact) mass is 399 g/mol. The van der Waals surface area contributed by atoms with Gasteiger partial charge in [0.2, 0.25) is 0 Å². The van der Waals surface area contributed by atoms with Crippen molar-refractivity contribution in [3.63, 3.8) is 0 Å². The average Bonchev–Trinajstić information content (AvgIpc) is 2.72. The Morgan fingerprint density at radius 2 is 1.38 bits per heavy atom. The van der Waals surface area contributed by atoms with Crippen LogP contribution in [0.3, 0.4) is 0 Å². The van der Waals surface area contributed by atoms with Gasteiger partial charge in [-0.1, -0.05) is 56.3 Å². The van der Waals surface area contributed by atoms with Gasteiger partial charge in [-0.3, -0.25) is 0 Å². The van der Waals surface area contributed by atoms with Gasteiger partial charge in [0.25, 0.3) is 0 Å². The molecule has 0 saturated heterocycles. The van der Waals surface area contributed by atoms with Crippen LogP contribution in [-0.2, 0) is 16.0 Å². The summed E-state index contributed by atoms with van der Waals surface area (Å²) in [5.41, 5.74) is 2.66. The molecule has 0 bridgehead atoms. The lowest BCUT2D eigenvalue weighted by molar-refractivity contribution is -0.134. The van der Waals surface area contributed by atoms with Crippen molar-refractivity contribution in [2.75, 3.05) is 26.2 Å². The first kappa shape index (κ1) is 23.9. The van der Waals surface area contributed by atoms with E-state index in [1.807, 2.05) is 0 Å². The molecule has 0 aliphatic carbocycles. The average molecular weight is 399 g/mol. The van der Waals surface area contributed by atoms with Crippen LogP contribution in [-0.4, -0.2) is 53.3 Å². The molecule has 0 unspecified atom stereocenters. The number of rotatable bonds is 10. The number of carboxylic acids is 2. The van der Waals surface area contributed by atoms with Crippen LogP contribution in [0.1, 0.15) is 25.0 Å².